The molecule has 0 spiro atoms. The second-order valence-corrected chi connectivity index (χ2v) is 25.6. The highest BCUT2D eigenvalue weighted by Crippen LogP contribution is 2.44. The summed E-state index contributed by atoms with van der Waals surface area (Å²) in [5.41, 5.74) is -1.95. The lowest BCUT2D eigenvalue weighted by Crippen LogP contribution is -2.65. The molecule has 460 valence electrons. The average Bonchev–Trinajstić information content (AvgIpc) is 3.61. The van der Waals surface area contributed by atoms with Crippen molar-refractivity contribution in [2.75, 3.05) is 94.1 Å². The van der Waals surface area contributed by atoms with E-state index in [0.29, 0.717) is 70.0 Å². The third-order valence-electron chi connectivity index (χ3n) is 18.5. The number of aliphatic hydroxyl groups excluding tert-OH is 1. The summed E-state index contributed by atoms with van der Waals surface area (Å²) in [5.74, 6) is -7.26. The number of likely N-dealkylation sites (N-methyl/N-ethyl adjacent to an activating group) is 1. The number of hydrogen-bond donors (Lipinski definition) is 3. The fraction of sp³-hybridized carbons (Fsp3) is 0.794. The normalized spacial score (nSPS) is 39.2. The Morgan fingerprint density at radius 2 is 1.60 bits per heavy atom. The van der Waals surface area contributed by atoms with Gasteiger partial charge in [0.1, 0.15) is 28.6 Å². The number of ketones is 3. The van der Waals surface area contributed by atoms with Crippen LogP contribution in [0.1, 0.15) is 139 Å². The maximum Gasteiger partial charge on any atom is 0.296 e. The van der Waals surface area contributed by atoms with Crippen molar-refractivity contribution in [3.63, 3.8) is 0 Å². The van der Waals surface area contributed by atoms with E-state index in [1.165, 1.54) is 12.0 Å². The molecule has 18 heteroatoms. The van der Waals surface area contributed by atoms with Crippen LogP contribution in [-0.2, 0) is 57.1 Å². The number of methoxy groups -OCH3 is 3. The molecule has 0 aromatic rings. The van der Waals surface area contributed by atoms with Crippen LogP contribution in [0.2, 0.25) is 0 Å². The van der Waals surface area contributed by atoms with Crippen molar-refractivity contribution in [2.24, 2.45) is 35.5 Å². The predicted molar refractivity (Wildman–Crippen MR) is 316 cm³/mol. The molecule has 81 heavy (non-hydrogen) atoms. The van der Waals surface area contributed by atoms with Crippen LogP contribution in [-0.4, -0.2) is 201 Å². The van der Waals surface area contributed by atoms with Gasteiger partial charge < -0.3 is 62.9 Å². The maximum atomic E-state index is 14.8. The number of nitrogens with zero attached hydrogens (tertiary/aromatic N) is 3. The Balaban J connectivity index is 1.46. The number of carbonyl (C=O) groups excluding carboxylic acids is 5. The molecule has 0 aromatic heterocycles. The van der Waals surface area contributed by atoms with Crippen molar-refractivity contribution in [2.45, 2.75) is 191 Å². The summed E-state index contributed by atoms with van der Waals surface area (Å²) in [7, 11) is 6.81. The minimum Gasteiger partial charge on any atom is -0.385 e. The lowest BCUT2D eigenvalue weighted by Gasteiger charge is -2.46. The number of ether oxygens (including phenoxy) is 7. The molecule has 0 aromatic carbocycles. The van der Waals surface area contributed by atoms with Crippen LogP contribution in [0.25, 0.3) is 0 Å². The Labute approximate surface area is 490 Å². The Morgan fingerprint density at radius 3 is 2.28 bits per heavy atom. The van der Waals surface area contributed by atoms with Crippen molar-refractivity contribution in [3.05, 3.63) is 47.6 Å². The molecule has 2 N–H and O–H groups in total. The van der Waals surface area contributed by atoms with Crippen LogP contribution in [0.4, 0.5) is 0 Å². The molecule has 17 nitrogen and oxygen atoms in total. The molecule has 0 radical (unpaired) electrons. The van der Waals surface area contributed by atoms with E-state index in [0.717, 1.165) is 57.6 Å². The first kappa shape index (κ1) is 68.8. The summed E-state index contributed by atoms with van der Waals surface area (Å²) in [6, 6.07) is 0. The summed E-state index contributed by atoms with van der Waals surface area (Å²) >= 11 is 5.12. The standard InChI is InChI=1S/C63H103N3O14S/c1-43-19-14-13-15-20-44(2)53(77-34-33-74-10)38-51-23-21-49(7)63(73,80-51)58(71)59(72)66-27-17-16-25-61(66,41-67)42-79-54(39-52(68)45(3)36-48(6)57(70)60(8,75-11)56(69)47(5)35-43)46(4)37-50-22-24-55(62(81,40-50)76-12)78-32-18-26-65-30-28-64(9)29-31-65/h13-15,19-20,36,41,43,45-47,49-51,53-55,57,70,73,81H,16-18,21-35,37-40,42H2,1-12H3/b15-13+,19-14+,44-20+,48-36+/t43-,45-,46-,47-,49-,50+,51+,53+,54+,55-,57-,60-,61?,62-,63-/m1/s1. The van der Waals surface area contributed by atoms with E-state index >= 15 is 0 Å². The van der Waals surface area contributed by atoms with Crippen molar-refractivity contribution < 1.29 is 67.3 Å². The molecule has 1 unspecified atom stereocenters. The van der Waals surface area contributed by atoms with Crippen LogP contribution in [0, 0.1) is 35.5 Å². The molecule has 5 rings (SSSR count). The number of Topliss-reactive ketones (excluding diaryl/α,β-unsaturated/α-hetero) is 3. The number of fused-ring (bicyclic) bond motifs is 3. The van der Waals surface area contributed by atoms with Crippen LogP contribution in [0.15, 0.2) is 47.6 Å². The Kier molecular flexibility index (Phi) is 27.1. The predicted octanol–water partition coefficient (Wildman–Crippen LogP) is 7.55. The Bertz CT molecular complexity index is 2180. The number of piperidine rings is 1. The van der Waals surface area contributed by atoms with Crippen LogP contribution in [0.3, 0.4) is 0 Å². The largest absolute Gasteiger partial charge is 0.385 e. The smallest absolute Gasteiger partial charge is 0.296 e. The van der Waals surface area contributed by atoms with Crippen molar-refractivity contribution in [1.82, 2.24) is 14.7 Å². The van der Waals surface area contributed by atoms with E-state index in [2.05, 4.69) is 16.8 Å². The monoisotopic (exact) mass is 1160 g/mol. The molecule has 1 saturated carbocycles. The van der Waals surface area contributed by atoms with Crippen LogP contribution in [0.5, 0.6) is 0 Å². The number of allylic oxidation sites excluding steroid dienone is 6. The van der Waals surface area contributed by atoms with Gasteiger partial charge in [0, 0.05) is 97.8 Å². The quantitative estimate of drug-likeness (QED) is 0.0362. The topological polar surface area (TPSA) is 200 Å². The zero-order valence-corrected chi connectivity index (χ0v) is 52.1. The summed E-state index contributed by atoms with van der Waals surface area (Å²) in [5, 5.41) is 24.2. The van der Waals surface area contributed by atoms with Gasteiger partial charge in [0.15, 0.2) is 11.4 Å². The van der Waals surface area contributed by atoms with E-state index in [9.17, 15) is 34.2 Å². The van der Waals surface area contributed by atoms with Gasteiger partial charge in [-0.25, -0.2) is 0 Å². The van der Waals surface area contributed by atoms with Crippen molar-refractivity contribution in [1.29, 1.82) is 0 Å². The van der Waals surface area contributed by atoms with Gasteiger partial charge in [-0.3, -0.25) is 19.2 Å². The van der Waals surface area contributed by atoms with Gasteiger partial charge >= 0.3 is 0 Å². The van der Waals surface area contributed by atoms with E-state index in [-0.39, 0.29) is 74.4 Å². The first-order chi connectivity index (χ1) is 38.4. The number of amides is 1. The lowest BCUT2D eigenvalue weighted by atomic mass is 9.77. The van der Waals surface area contributed by atoms with E-state index in [1.807, 2.05) is 58.1 Å². The second-order valence-electron chi connectivity index (χ2n) is 24.8. The molecular formula is C63H103N3O14S. The van der Waals surface area contributed by atoms with Gasteiger partial charge in [0.05, 0.1) is 44.2 Å². The zero-order valence-electron chi connectivity index (χ0n) is 51.2. The molecule has 1 amide bonds. The Morgan fingerprint density at radius 1 is 0.877 bits per heavy atom. The second kappa shape index (κ2) is 32.0. The van der Waals surface area contributed by atoms with Gasteiger partial charge in [-0.05, 0) is 127 Å². The minimum absolute atomic E-state index is 0.0111. The number of aliphatic hydroxyl groups is 2. The molecule has 4 aliphatic heterocycles. The number of rotatable bonds is 15. The van der Waals surface area contributed by atoms with Crippen molar-refractivity contribution in [3.8, 4) is 0 Å². The summed E-state index contributed by atoms with van der Waals surface area (Å²) < 4.78 is 43.2. The first-order valence-electron chi connectivity index (χ1n) is 30.2. The summed E-state index contributed by atoms with van der Waals surface area (Å²) in [4.78, 5) is 77.1. The number of hydrogen-bond acceptors (Lipinski definition) is 17. The minimum atomic E-state index is -2.48. The van der Waals surface area contributed by atoms with Gasteiger partial charge in [-0.2, -0.15) is 0 Å². The zero-order chi connectivity index (χ0) is 59.7. The molecule has 1 aliphatic carbocycles. The fourth-order valence-electron chi connectivity index (χ4n) is 12.8. The highest BCUT2D eigenvalue weighted by Gasteiger charge is 2.55. The average molecular weight is 1160 g/mol. The lowest BCUT2D eigenvalue weighted by molar-refractivity contribution is -0.266. The third kappa shape index (κ3) is 18.3. The fourth-order valence-corrected chi connectivity index (χ4v) is 13.2. The first-order valence-corrected chi connectivity index (χ1v) is 30.6. The molecule has 3 saturated heterocycles. The maximum absolute atomic E-state index is 14.8. The molecular weight excluding hydrogens is 1050 g/mol. The number of piperazine rings is 1. The van der Waals surface area contributed by atoms with Crippen molar-refractivity contribution >= 4 is 42.2 Å². The molecule has 5 aliphatic rings. The number of thiol groups is 1. The van der Waals surface area contributed by atoms with E-state index < -0.39 is 75.7 Å². The Hall–Kier alpha value is -2.98. The van der Waals surface area contributed by atoms with Gasteiger partial charge in [0.2, 0.25) is 5.79 Å². The number of aldehydes is 1. The molecule has 2 bridgehead atoms. The SMILES string of the molecule is COCCO[C@H]1C[C@@H]2CC[C@@H](C)[C@@](O)(O2)C(=O)C(=O)N2CCCCC2(C=O)CO[C@H]([C@H](C)C[C@@H]2CC[C@@H](OCCCN3CCN(C)CC3)[C@@](S)(OC)C2)CC(=O)[C@H](C)/C=C(\C)[C@@H](O)[C@](C)(OC)C(=O)[C@H](C)C[C@H](C)/C=C/C=C/C=C/1C. The highest BCUT2D eigenvalue weighted by atomic mass is 32.1. The number of carbonyl (C=O) groups is 5. The van der Waals surface area contributed by atoms with Crippen LogP contribution >= 0.6 is 12.6 Å². The summed E-state index contributed by atoms with van der Waals surface area (Å²) in [6.45, 7) is 20.7. The molecule has 4 heterocycles. The summed E-state index contributed by atoms with van der Waals surface area (Å²) in [6.07, 6.45) is 15.0. The van der Waals surface area contributed by atoms with E-state index in [4.69, 9.17) is 45.8 Å². The third-order valence-corrected chi connectivity index (χ3v) is 19.1. The van der Waals surface area contributed by atoms with E-state index in [1.54, 1.807) is 48.0 Å². The van der Waals surface area contributed by atoms with Crippen LogP contribution < -0.4 is 0 Å². The molecule has 4 fully saturated rings. The van der Waals surface area contributed by atoms with Gasteiger partial charge in [0.25, 0.3) is 11.7 Å². The molecule has 15 atom stereocenters. The van der Waals surface area contributed by atoms with Gasteiger partial charge in [-0.15, -0.1) is 12.6 Å². The van der Waals surface area contributed by atoms with Gasteiger partial charge in [-0.1, -0.05) is 71.1 Å². The highest BCUT2D eigenvalue weighted by molar-refractivity contribution is 7.81.